The third-order valence-corrected chi connectivity index (χ3v) is 2.93. The molecule has 6 nitrogen and oxygen atoms in total. The molecule has 1 heterocycles. The Morgan fingerprint density at radius 3 is 3.05 bits per heavy atom. The van der Waals surface area contributed by atoms with Crippen molar-refractivity contribution in [2.75, 3.05) is 18.5 Å². The SMILES string of the molecule is CCOc1cc(F)ccc1NC(=O)NCCCn1ccnc1. The van der Waals surface area contributed by atoms with E-state index < -0.39 is 5.82 Å². The Morgan fingerprint density at radius 1 is 1.45 bits per heavy atom. The topological polar surface area (TPSA) is 68.2 Å². The van der Waals surface area contributed by atoms with Gasteiger partial charge < -0.3 is 19.9 Å². The van der Waals surface area contributed by atoms with Crippen molar-refractivity contribution in [3.05, 3.63) is 42.7 Å². The monoisotopic (exact) mass is 306 g/mol. The van der Waals surface area contributed by atoms with Crippen LogP contribution in [0.1, 0.15) is 13.3 Å². The maximum Gasteiger partial charge on any atom is 0.319 e. The second-order valence-corrected chi connectivity index (χ2v) is 4.61. The molecule has 0 bridgehead atoms. The van der Waals surface area contributed by atoms with Crippen molar-refractivity contribution >= 4 is 11.7 Å². The minimum Gasteiger partial charge on any atom is -0.492 e. The molecule has 0 radical (unpaired) electrons. The van der Waals surface area contributed by atoms with E-state index in [1.54, 1.807) is 19.4 Å². The number of ether oxygens (including phenoxy) is 1. The van der Waals surface area contributed by atoms with E-state index in [1.807, 2.05) is 10.8 Å². The third-order valence-electron chi connectivity index (χ3n) is 2.93. The van der Waals surface area contributed by atoms with E-state index in [9.17, 15) is 9.18 Å². The summed E-state index contributed by atoms with van der Waals surface area (Å²) in [4.78, 5) is 15.8. The number of nitrogens with one attached hydrogen (secondary N) is 2. The summed E-state index contributed by atoms with van der Waals surface area (Å²) < 4.78 is 20.4. The van der Waals surface area contributed by atoms with Gasteiger partial charge in [0.15, 0.2) is 0 Å². The van der Waals surface area contributed by atoms with Crippen LogP contribution in [0.3, 0.4) is 0 Å². The van der Waals surface area contributed by atoms with E-state index in [0.29, 0.717) is 24.6 Å². The second kappa shape index (κ2) is 8.02. The molecule has 0 aliphatic rings. The molecular formula is C15H19FN4O2. The summed E-state index contributed by atoms with van der Waals surface area (Å²) >= 11 is 0. The maximum atomic E-state index is 13.2. The number of rotatable bonds is 7. The van der Waals surface area contributed by atoms with Gasteiger partial charge in [0, 0.05) is 31.5 Å². The summed E-state index contributed by atoms with van der Waals surface area (Å²) in [6, 6.07) is 3.65. The van der Waals surface area contributed by atoms with Gasteiger partial charge in [-0.3, -0.25) is 0 Å². The molecule has 0 aliphatic carbocycles. The van der Waals surface area contributed by atoms with Gasteiger partial charge in [-0.2, -0.15) is 0 Å². The van der Waals surface area contributed by atoms with Crippen molar-refractivity contribution < 1.29 is 13.9 Å². The van der Waals surface area contributed by atoms with Gasteiger partial charge in [0.05, 0.1) is 18.6 Å². The molecule has 2 rings (SSSR count). The summed E-state index contributed by atoms with van der Waals surface area (Å²) in [5, 5.41) is 5.40. The number of hydrogen-bond acceptors (Lipinski definition) is 3. The first-order chi connectivity index (χ1) is 10.7. The maximum absolute atomic E-state index is 13.2. The number of amides is 2. The fourth-order valence-electron chi connectivity index (χ4n) is 1.92. The molecule has 0 spiro atoms. The molecule has 0 saturated carbocycles. The van der Waals surface area contributed by atoms with Crippen molar-refractivity contribution in [2.24, 2.45) is 0 Å². The number of carbonyl (C=O) groups excluding carboxylic acids is 1. The Bertz CT molecular complexity index is 602. The van der Waals surface area contributed by atoms with Crippen LogP contribution in [-0.2, 0) is 6.54 Å². The molecule has 0 unspecified atom stereocenters. The van der Waals surface area contributed by atoms with Gasteiger partial charge in [-0.25, -0.2) is 14.2 Å². The lowest BCUT2D eigenvalue weighted by Gasteiger charge is -2.12. The number of imidazole rings is 1. The number of hydrogen-bond donors (Lipinski definition) is 2. The summed E-state index contributed by atoms with van der Waals surface area (Å²) in [5.41, 5.74) is 0.440. The highest BCUT2D eigenvalue weighted by atomic mass is 19.1. The van der Waals surface area contributed by atoms with Crippen LogP contribution in [0.5, 0.6) is 5.75 Å². The van der Waals surface area contributed by atoms with Crippen molar-refractivity contribution in [2.45, 2.75) is 19.9 Å². The fourth-order valence-corrected chi connectivity index (χ4v) is 1.92. The number of aromatic nitrogens is 2. The second-order valence-electron chi connectivity index (χ2n) is 4.61. The quantitative estimate of drug-likeness (QED) is 0.773. The number of nitrogens with zero attached hydrogens (tertiary/aromatic N) is 2. The van der Waals surface area contributed by atoms with Crippen LogP contribution >= 0.6 is 0 Å². The number of aryl methyl sites for hydroxylation is 1. The van der Waals surface area contributed by atoms with Crippen LogP contribution in [0.25, 0.3) is 0 Å². The third kappa shape index (κ3) is 4.76. The zero-order chi connectivity index (χ0) is 15.8. The molecule has 2 aromatic rings. The Kier molecular flexibility index (Phi) is 5.76. The number of carbonyl (C=O) groups is 1. The Morgan fingerprint density at radius 2 is 2.32 bits per heavy atom. The zero-order valence-electron chi connectivity index (χ0n) is 12.4. The average Bonchev–Trinajstić information content (AvgIpc) is 3.00. The lowest BCUT2D eigenvalue weighted by molar-refractivity contribution is 0.251. The van der Waals surface area contributed by atoms with Crippen molar-refractivity contribution in [3.63, 3.8) is 0 Å². The van der Waals surface area contributed by atoms with Gasteiger partial charge in [0.25, 0.3) is 0 Å². The van der Waals surface area contributed by atoms with Gasteiger partial charge in [0.2, 0.25) is 0 Å². The first kappa shape index (κ1) is 15.8. The lowest BCUT2D eigenvalue weighted by atomic mass is 10.3. The minimum atomic E-state index is -0.408. The Balaban J connectivity index is 1.79. The molecule has 2 amide bonds. The van der Waals surface area contributed by atoms with Gasteiger partial charge in [-0.1, -0.05) is 0 Å². The van der Waals surface area contributed by atoms with Crippen molar-refractivity contribution in [1.29, 1.82) is 0 Å². The molecule has 1 aromatic heterocycles. The largest absolute Gasteiger partial charge is 0.492 e. The number of urea groups is 1. The van der Waals surface area contributed by atoms with Gasteiger partial charge in [-0.15, -0.1) is 0 Å². The average molecular weight is 306 g/mol. The predicted octanol–water partition coefficient (Wildman–Crippen LogP) is 2.63. The highest BCUT2D eigenvalue weighted by Crippen LogP contribution is 2.25. The molecule has 0 fully saturated rings. The van der Waals surface area contributed by atoms with E-state index in [-0.39, 0.29) is 6.03 Å². The molecule has 22 heavy (non-hydrogen) atoms. The predicted molar refractivity (Wildman–Crippen MR) is 81.4 cm³/mol. The Hall–Kier alpha value is -2.57. The molecule has 0 atom stereocenters. The molecule has 7 heteroatoms. The first-order valence-electron chi connectivity index (χ1n) is 7.12. The number of halogens is 1. The van der Waals surface area contributed by atoms with E-state index in [4.69, 9.17) is 4.74 Å². The number of benzene rings is 1. The van der Waals surface area contributed by atoms with Crippen LogP contribution in [0.15, 0.2) is 36.9 Å². The number of anilines is 1. The molecule has 0 aliphatic heterocycles. The van der Waals surface area contributed by atoms with E-state index in [0.717, 1.165) is 13.0 Å². The summed E-state index contributed by atoms with van der Waals surface area (Å²) in [6.45, 7) is 3.49. The highest BCUT2D eigenvalue weighted by Gasteiger charge is 2.08. The van der Waals surface area contributed by atoms with Crippen LogP contribution in [0.2, 0.25) is 0 Å². The van der Waals surface area contributed by atoms with Crippen LogP contribution < -0.4 is 15.4 Å². The van der Waals surface area contributed by atoms with Gasteiger partial charge in [0.1, 0.15) is 11.6 Å². The van der Waals surface area contributed by atoms with E-state index in [2.05, 4.69) is 15.6 Å². The summed E-state index contributed by atoms with van der Waals surface area (Å²) in [7, 11) is 0. The lowest BCUT2D eigenvalue weighted by Crippen LogP contribution is -2.30. The molecule has 118 valence electrons. The first-order valence-corrected chi connectivity index (χ1v) is 7.12. The standard InChI is InChI=1S/C15H19FN4O2/c1-2-22-14-10-12(16)4-5-13(14)19-15(21)18-6-3-8-20-9-7-17-11-20/h4-5,7,9-11H,2-3,6,8H2,1H3,(H2,18,19,21). The molecule has 0 saturated heterocycles. The zero-order valence-corrected chi connectivity index (χ0v) is 12.4. The van der Waals surface area contributed by atoms with Gasteiger partial charge >= 0.3 is 6.03 Å². The highest BCUT2D eigenvalue weighted by molar-refractivity contribution is 5.90. The smallest absolute Gasteiger partial charge is 0.319 e. The van der Waals surface area contributed by atoms with E-state index >= 15 is 0 Å². The summed E-state index contributed by atoms with van der Waals surface area (Å²) in [5.74, 6) is -0.0918. The normalized spacial score (nSPS) is 10.3. The molecular weight excluding hydrogens is 287 g/mol. The van der Waals surface area contributed by atoms with Gasteiger partial charge in [-0.05, 0) is 25.5 Å². The molecule has 2 N–H and O–H groups in total. The molecule has 1 aromatic carbocycles. The van der Waals surface area contributed by atoms with Crippen LogP contribution in [0, 0.1) is 5.82 Å². The van der Waals surface area contributed by atoms with Crippen LogP contribution in [-0.4, -0.2) is 28.7 Å². The summed E-state index contributed by atoms with van der Waals surface area (Å²) in [6.07, 6.45) is 6.09. The Labute approximate surface area is 128 Å². The minimum absolute atomic E-state index is 0.316. The fraction of sp³-hybridized carbons (Fsp3) is 0.333. The van der Waals surface area contributed by atoms with E-state index in [1.165, 1.54) is 18.2 Å². The van der Waals surface area contributed by atoms with Crippen molar-refractivity contribution in [1.82, 2.24) is 14.9 Å². The van der Waals surface area contributed by atoms with Crippen molar-refractivity contribution in [3.8, 4) is 5.75 Å². The van der Waals surface area contributed by atoms with Crippen LogP contribution in [0.4, 0.5) is 14.9 Å².